The zero-order valence-electron chi connectivity index (χ0n) is 9.08. The lowest BCUT2D eigenvalue weighted by Crippen LogP contribution is -2.07. The molecule has 0 saturated carbocycles. The highest BCUT2D eigenvalue weighted by Gasteiger charge is 2.36. The summed E-state index contributed by atoms with van der Waals surface area (Å²) in [5, 5.41) is 8.63. The molecule has 0 fully saturated rings. The molecule has 1 aromatic rings. The highest BCUT2D eigenvalue weighted by molar-refractivity contribution is 8.14. The largest absolute Gasteiger partial charge is 0.446 e. The van der Waals surface area contributed by atoms with Crippen LogP contribution in [0.15, 0.2) is 21.9 Å². The van der Waals surface area contributed by atoms with Crippen molar-refractivity contribution in [2.24, 2.45) is 0 Å². The normalized spacial score (nSPS) is 12.5. The Hall–Kier alpha value is -1.05. The molecule has 0 saturated heterocycles. The lowest BCUT2D eigenvalue weighted by molar-refractivity contribution is -0.0329. The first kappa shape index (κ1) is 17.0. The second-order valence-corrected chi connectivity index (χ2v) is 6.86. The number of halogens is 6. The fraction of sp³-hybridized carbons (Fsp3) is 0.222. The number of alkyl halides is 5. The van der Waals surface area contributed by atoms with Crippen LogP contribution in [0, 0.1) is 11.3 Å². The van der Waals surface area contributed by atoms with Crippen LogP contribution in [-0.4, -0.2) is 13.9 Å². The minimum absolute atomic E-state index is 0.584. The van der Waals surface area contributed by atoms with E-state index in [0.717, 1.165) is 0 Å². The number of benzene rings is 1. The van der Waals surface area contributed by atoms with Gasteiger partial charge in [-0.2, -0.15) is 18.4 Å². The van der Waals surface area contributed by atoms with Crippen LogP contribution in [0.2, 0.25) is 0 Å². The Kier molecular flexibility index (Phi) is 4.89. The predicted octanol–water partition coefficient (Wildman–Crippen LogP) is 4.04. The lowest BCUT2D eigenvalue weighted by atomic mass is 10.1. The van der Waals surface area contributed by atoms with E-state index in [1.165, 1.54) is 6.07 Å². The standard InChI is InChI=1S/C9H3ClF5NO2S2/c10-20(17,18)5-2-1-4(3-16)6(8(11)12)7(5)19-9(13,14)15/h1-2,8H. The van der Waals surface area contributed by atoms with Gasteiger partial charge in [0.1, 0.15) is 0 Å². The van der Waals surface area contributed by atoms with Gasteiger partial charge in [0.15, 0.2) is 0 Å². The topological polar surface area (TPSA) is 57.9 Å². The van der Waals surface area contributed by atoms with Gasteiger partial charge in [-0.15, -0.1) is 0 Å². The van der Waals surface area contributed by atoms with Crippen molar-refractivity contribution in [1.82, 2.24) is 0 Å². The molecule has 0 atom stereocenters. The van der Waals surface area contributed by atoms with Crippen molar-refractivity contribution >= 4 is 31.5 Å². The first-order chi connectivity index (χ1) is 8.97. The molecule has 0 unspecified atom stereocenters. The summed E-state index contributed by atoms with van der Waals surface area (Å²) in [4.78, 5) is -2.41. The van der Waals surface area contributed by atoms with Gasteiger partial charge >= 0.3 is 5.51 Å². The Bertz CT molecular complexity index is 666. The summed E-state index contributed by atoms with van der Waals surface area (Å²) < 4.78 is 85.2. The molecule has 0 aliphatic heterocycles. The van der Waals surface area contributed by atoms with Crippen LogP contribution in [-0.2, 0) is 9.05 Å². The molecule has 3 nitrogen and oxygen atoms in total. The third kappa shape index (κ3) is 3.97. The highest BCUT2D eigenvalue weighted by atomic mass is 35.7. The molecule has 0 aliphatic carbocycles. The summed E-state index contributed by atoms with van der Waals surface area (Å²) in [6.07, 6.45) is -3.46. The molecule has 110 valence electrons. The van der Waals surface area contributed by atoms with E-state index in [1.54, 1.807) is 0 Å². The maximum Gasteiger partial charge on any atom is 0.446 e. The van der Waals surface area contributed by atoms with E-state index in [0.29, 0.717) is 12.1 Å². The summed E-state index contributed by atoms with van der Waals surface area (Å²) >= 11 is -1.06. The van der Waals surface area contributed by atoms with Crippen molar-refractivity contribution < 1.29 is 30.4 Å². The van der Waals surface area contributed by atoms with Gasteiger partial charge < -0.3 is 0 Å². The van der Waals surface area contributed by atoms with Crippen LogP contribution >= 0.6 is 22.4 Å². The molecule has 0 N–H and O–H groups in total. The van der Waals surface area contributed by atoms with Crippen molar-refractivity contribution in [2.75, 3.05) is 0 Å². The van der Waals surface area contributed by atoms with E-state index < -0.39 is 53.7 Å². The molecule has 0 aromatic heterocycles. The third-order valence-electron chi connectivity index (χ3n) is 1.98. The maximum absolute atomic E-state index is 12.8. The van der Waals surface area contributed by atoms with Gasteiger partial charge in [0.05, 0.1) is 22.1 Å². The maximum atomic E-state index is 12.8. The Morgan fingerprint density at radius 1 is 1.30 bits per heavy atom. The predicted molar refractivity (Wildman–Crippen MR) is 61.1 cm³/mol. The quantitative estimate of drug-likeness (QED) is 0.468. The molecular weight excluding hydrogens is 349 g/mol. The van der Waals surface area contributed by atoms with Gasteiger partial charge in [-0.25, -0.2) is 17.2 Å². The van der Waals surface area contributed by atoms with E-state index in [2.05, 4.69) is 0 Å². The molecule has 0 bridgehead atoms. The number of rotatable bonds is 3. The molecule has 0 aliphatic rings. The van der Waals surface area contributed by atoms with Crippen LogP contribution in [0.5, 0.6) is 0 Å². The Labute approximate surface area is 118 Å². The number of thioether (sulfide) groups is 1. The SMILES string of the molecule is N#Cc1ccc(S(=O)(=O)Cl)c(SC(F)(F)F)c1C(F)F. The minimum atomic E-state index is -5.02. The van der Waals surface area contributed by atoms with Crippen molar-refractivity contribution in [3.05, 3.63) is 23.3 Å². The van der Waals surface area contributed by atoms with Crippen LogP contribution in [0.25, 0.3) is 0 Å². The summed E-state index contributed by atoms with van der Waals surface area (Å²) in [5.41, 5.74) is -7.08. The van der Waals surface area contributed by atoms with E-state index in [9.17, 15) is 30.4 Å². The molecule has 11 heteroatoms. The summed E-state index contributed by atoms with van der Waals surface area (Å²) in [7, 11) is 0.250. The molecule has 0 amide bonds. The third-order valence-corrected chi connectivity index (χ3v) is 4.35. The van der Waals surface area contributed by atoms with Crippen LogP contribution in [0.1, 0.15) is 17.6 Å². The molecule has 0 radical (unpaired) electrons. The van der Waals surface area contributed by atoms with Crippen molar-refractivity contribution in [3.8, 4) is 6.07 Å². The summed E-state index contributed by atoms with van der Waals surface area (Å²) in [5.74, 6) is 0. The van der Waals surface area contributed by atoms with Crippen LogP contribution in [0.3, 0.4) is 0 Å². The van der Waals surface area contributed by atoms with Crippen LogP contribution < -0.4 is 0 Å². The Morgan fingerprint density at radius 3 is 2.20 bits per heavy atom. The van der Waals surface area contributed by atoms with Gasteiger partial charge in [-0.3, -0.25) is 0 Å². The first-order valence-electron chi connectivity index (χ1n) is 4.53. The van der Waals surface area contributed by atoms with E-state index in [4.69, 9.17) is 15.9 Å². The van der Waals surface area contributed by atoms with Gasteiger partial charge in [0.2, 0.25) is 0 Å². The number of nitrogens with zero attached hydrogens (tertiary/aromatic N) is 1. The van der Waals surface area contributed by atoms with Crippen LogP contribution in [0.4, 0.5) is 22.0 Å². The minimum Gasteiger partial charge on any atom is -0.207 e. The zero-order chi connectivity index (χ0) is 15.7. The number of hydrogen-bond donors (Lipinski definition) is 0. The molecule has 1 rings (SSSR count). The van der Waals surface area contributed by atoms with E-state index in [1.807, 2.05) is 0 Å². The number of hydrogen-bond acceptors (Lipinski definition) is 4. The molecule has 0 heterocycles. The number of nitriles is 1. The summed E-state index contributed by atoms with van der Waals surface area (Å²) in [6.45, 7) is 0. The van der Waals surface area contributed by atoms with Gasteiger partial charge in [-0.1, -0.05) is 0 Å². The Morgan fingerprint density at radius 2 is 1.85 bits per heavy atom. The fourth-order valence-electron chi connectivity index (χ4n) is 1.31. The average Bonchev–Trinajstić information content (AvgIpc) is 2.23. The van der Waals surface area contributed by atoms with Gasteiger partial charge in [0.25, 0.3) is 15.5 Å². The monoisotopic (exact) mass is 351 g/mol. The highest BCUT2D eigenvalue weighted by Crippen LogP contribution is 2.45. The van der Waals surface area contributed by atoms with Crippen molar-refractivity contribution in [2.45, 2.75) is 21.7 Å². The second kappa shape index (κ2) is 5.75. The second-order valence-electron chi connectivity index (χ2n) is 3.25. The molecule has 20 heavy (non-hydrogen) atoms. The molecular formula is C9H3ClF5NO2S2. The van der Waals surface area contributed by atoms with Gasteiger partial charge in [-0.05, 0) is 23.9 Å². The van der Waals surface area contributed by atoms with Crippen molar-refractivity contribution in [3.63, 3.8) is 0 Å². The van der Waals surface area contributed by atoms with E-state index >= 15 is 0 Å². The lowest BCUT2D eigenvalue weighted by Gasteiger charge is -2.14. The Balaban J connectivity index is 3.74. The fourth-order valence-corrected chi connectivity index (χ4v) is 3.55. The zero-order valence-corrected chi connectivity index (χ0v) is 11.5. The first-order valence-corrected chi connectivity index (χ1v) is 7.65. The summed E-state index contributed by atoms with van der Waals surface area (Å²) in [6, 6.07) is 2.55. The smallest absolute Gasteiger partial charge is 0.207 e. The average molecular weight is 352 g/mol. The van der Waals surface area contributed by atoms with Crippen molar-refractivity contribution in [1.29, 1.82) is 5.26 Å². The van der Waals surface area contributed by atoms with Gasteiger partial charge in [0, 0.05) is 15.6 Å². The molecule has 0 spiro atoms. The molecule has 1 aromatic carbocycles. The van der Waals surface area contributed by atoms with E-state index in [-0.39, 0.29) is 0 Å².